The van der Waals surface area contributed by atoms with Crippen LogP contribution in [0, 0.1) is 0 Å². The lowest BCUT2D eigenvalue weighted by molar-refractivity contribution is 0.0504. The van der Waals surface area contributed by atoms with Crippen molar-refractivity contribution in [2.24, 2.45) is 5.84 Å². The van der Waals surface area contributed by atoms with Gasteiger partial charge in [0.2, 0.25) is 0 Å². The summed E-state index contributed by atoms with van der Waals surface area (Å²) in [5.41, 5.74) is 3.22. The average Bonchev–Trinajstić information content (AvgIpc) is 2.27. The molecule has 106 valence electrons. The van der Waals surface area contributed by atoms with Crippen molar-refractivity contribution in [2.45, 2.75) is 38.8 Å². The van der Waals surface area contributed by atoms with Gasteiger partial charge in [0.1, 0.15) is 5.60 Å². The fourth-order valence-corrected chi connectivity index (χ4v) is 1.69. The van der Waals surface area contributed by atoms with Gasteiger partial charge >= 0.3 is 6.09 Å². The Labute approximate surface area is 114 Å². The first-order chi connectivity index (χ1) is 8.90. The van der Waals surface area contributed by atoms with Gasteiger partial charge in [0.15, 0.2) is 0 Å². The van der Waals surface area contributed by atoms with E-state index in [-0.39, 0.29) is 6.04 Å². The van der Waals surface area contributed by atoms with E-state index >= 15 is 0 Å². The highest BCUT2D eigenvalue weighted by Crippen LogP contribution is 2.08. The number of alkyl carbamates (subject to hydrolysis) is 1. The molecule has 0 radical (unpaired) electrons. The van der Waals surface area contributed by atoms with Gasteiger partial charge in [-0.2, -0.15) is 0 Å². The summed E-state index contributed by atoms with van der Waals surface area (Å²) in [6.07, 6.45) is 0.272. The van der Waals surface area contributed by atoms with Crippen LogP contribution in [0.4, 0.5) is 4.79 Å². The third-order valence-electron chi connectivity index (χ3n) is 2.41. The zero-order valence-corrected chi connectivity index (χ0v) is 11.8. The van der Waals surface area contributed by atoms with Crippen molar-refractivity contribution in [1.29, 1.82) is 0 Å². The average molecular weight is 265 g/mol. The normalized spacial score (nSPS) is 12.8. The van der Waals surface area contributed by atoms with Crippen LogP contribution in [-0.4, -0.2) is 24.3 Å². The number of hydrogen-bond acceptors (Lipinski definition) is 4. The molecule has 0 fully saturated rings. The summed E-state index contributed by atoms with van der Waals surface area (Å²) in [5.74, 6) is 5.34. The Morgan fingerprint density at radius 1 is 1.32 bits per heavy atom. The van der Waals surface area contributed by atoms with Crippen molar-refractivity contribution in [2.75, 3.05) is 6.54 Å². The van der Waals surface area contributed by atoms with Gasteiger partial charge in [-0.25, -0.2) is 4.79 Å². The van der Waals surface area contributed by atoms with Gasteiger partial charge in [-0.1, -0.05) is 30.3 Å². The number of nitrogens with two attached hydrogens (primary N) is 1. The van der Waals surface area contributed by atoms with Gasteiger partial charge in [0.25, 0.3) is 0 Å². The van der Waals surface area contributed by atoms with Crippen LogP contribution in [0.15, 0.2) is 30.3 Å². The molecule has 1 amide bonds. The maximum atomic E-state index is 11.7. The van der Waals surface area contributed by atoms with Gasteiger partial charge in [-0.15, -0.1) is 0 Å². The summed E-state index contributed by atoms with van der Waals surface area (Å²) in [6.45, 7) is 5.98. The molecule has 5 nitrogen and oxygen atoms in total. The minimum atomic E-state index is -0.502. The molecule has 0 heterocycles. The third-order valence-corrected chi connectivity index (χ3v) is 2.41. The lowest BCUT2D eigenvalue weighted by Crippen LogP contribution is -2.46. The highest BCUT2D eigenvalue weighted by atomic mass is 16.6. The van der Waals surface area contributed by atoms with E-state index in [1.54, 1.807) is 0 Å². The highest BCUT2D eigenvalue weighted by Gasteiger charge is 2.19. The molecule has 1 atom stereocenters. The molecule has 1 aromatic rings. The van der Waals surface area contributed by atoms with Crippen molar-refractivity contribution in [3.8, 4) is 0 Å². The van der Waals surface area contributed by atoms with Gasteiger partial charge in [0.05, 0.1) is 6.04 Å². The van der Waals surface area contributed by atoms with Crippen LogP contribution < -0.4 is 16.6 Å². The molecule has 0 aliphatic carbocycles. The van der Waals surface area contributed by atoms with Crippen molar-refractivity contribution in [3.05, 3.63) is 35.9 Å². The number of amides is 1. The van der Waals surface area contributed by atoms with Gasteiger partial charge in [-0.3, -0.25) is 11.3 Å². The quantitative estimate of drug-likeness (QED) is 0.558. The molecule has 0 saturated heterocycles. The van der Waals surface area contributed by atoms with E-state index in [1.807, 2.05) is 51.1 Å². The summed E-state index contributed by atoms with van der Waals surface area (Å²) in [6, 6.07) is 9.81. The first-order valence-electron chi connectivity index (χ1n) is 6.37. The molecule has 19 heavy (non-hydrogen) atoms. The molecule has 0 unspecified atom stereocenters. The fraction of sp³-hybridized carbons (Fsp3) is 0.500. The summed E-state index contributed by atoms with van der Waals surface area (Å²) in [7, 11) is 0. The smallest absolute Gasteiger partial charge is 0.407 e. The van der Waals surface area contributed by atoms with Crippen LogP contribution in [0.5, 0.6) is 0 Å². The maximum absolute atomic E-state index is 11.7. The molecule has 1 aromatic carbocycles. The minimum Gasteiger partial charge on any atom is -0.444 e. The predicted octanol–water partition coefficient (Wildman–Crippen LogP) is 1.59. The van der Waals surface area contributed by atoms with Crippen molar-refractivity contribution in [1.82, 2.24) is 10.7 Å². The summed E-state index contributed by atoms with van der Waals surface area (Å²) in [5, 5.41) is 2.82. The Balaban J connectivity index is 2.55. The number of ether oxygens (including phenoxy) is 1. The molecular formula is C14H23N3O2. The van der Waals surface area contributed by atoms with Crippen molar-refractivity contribution < 1.29 is 9.53 Å². The Morgan fingerprint density at radius 2 is 1.95 bits per heavy atom. The summed E-state index contributed by atoms with van der Waals surface area (Å²) in [4.78, 5) is 11.7. The lowest BCUT2D eigenvalue weighted by Gasteiger charge is -2.23. The lowest BCUT2D eigenvalue weighted by atomic mass is 10.1. The fourth-order valence-electron chi connectivity index (χ4n) is 1.69. The standard InChI is InChI=1S/C14H23N3O2/c1-14(2,3)19-13(18)17-12(10-16-15)9-11-7-5-4-6-8-11/h4-8,12,16H,9-10,15H2,1-3H3,(H,17,18)/t12-/m0/s1. The molecule has 0 spiro atoms. The third kappa shape index (κ3) is 6.79. The van der Waals surface area contributed by atoms with Crippen LogP contribution in [-0.2, 0) is 11.2 Å². The zero-order valence-electron chi connectivity index (χ0n) is 11.8. The van der Waals surface area contributed by atoms with Crippen LogP contribution in [0.2, 0.25) is 0 Å². The Hall–Kier alpha value is -1.59. The molecule has 0 bridgehead atoms. The monoisotopic (exact) mass is 265 g/mol. The van der Waals surface area contributed by atoms with Crippen LogP contribution >= 0.6 is 0 Å². The van der Waals surface area contributed by atoms with Crippen molar-refractivity contribution in [3.63, 3.8) is 0 Å². The zero-order chi connectivity index (χ0) is 14.3. The second-order valence-electron chi connectivity index (χ2n) is 5.44. The van der Waals surface area contributed by atoms with E-state index in [2.05, 4.69) is 10.7 Å². The van der Waals surface area contributed by atoms with Crippen LogP contribution in [0.25, 0.3) is 0 Å². The molecule has 0 aliphatic rings. The van der Waals surface area contributed by atoms with E-state index in [0.29, 0.717) is 13.0 Å². The number of carbonyl (C=O) groups is 1. The molecule has 1 rings (SSSR count). The molecule has 4 N–H and O–H groups in total. The van der Waals surface area contributed by atoms with E-state index in [0.717, 1.165) is 5.56 Å². The van der Waals surface area contributed by atoms with Gasteiger partial charge < -0.3 is 10.1 Å². The Kier molecular flexibility index (Phi) is 5.79. The van der Waals surface area contributed by atoms with Crippen molar-refractivity contribution >= 4 is 6.09 Å². The Bertz CT molecular complexity index is 387. The number of hydrazine groups is 1. The molecule has 0 aliphatic heterocycles. The summed E-state index contributed by atoms with van der Waals surface area (Å²) >= 11 is 0. The summed E-state index contributed by atoms with van der Waals surface area (Å²) < 4.78 is 5.23. The maximum Gasteiger partial charge on any atom is 0.407 e. The number of rotatable bonds is 5. The number of hydrogen-bond donors (Lipinski definition) is 3. The molecule has 0 aromatic heterocycles. The second-order valence-corrected chi connectivity index (χ2v) is 5.44. The number of benzene rings is 1. The molecule has 5 heteroatoms. The highest BCUT2D eigenvalue weighted by molar-refractivity contribution is 5.68. The SMILES string of the molecule is CC(C)(C)OC(=O)N[C@H](CNN)Cc1ccccc1. The predicted molar refractivity (Wildman–Crippen MR) is 75.5 cm³/mol. The van der Waals surface area contributed by atoms with E-state index in [1.165, 1.54) is 0 Å². The first kappa shape index (κ1) is 15.5. The molecule has 0 saturated carbocycles. The topological polar surface area (TPSA) is 76.4 Å². The van der Waals surface area contributed by atoms with Crippen LogP contribution in [0.1, 0.15) is 26.3 Å². The Morgan fingerprint density at radius 3 is 2.47 bits per heavy atom. The first-order valence-corrected chi connectivity index (χ1v) is 6.37. The number of carbonyl (C=O) groups excluding carboxylic acids is 1. The van der Waals surface area contributed by atoms with E-state index in [4.69, 9.17) is 10.6 Å². The largest absolute Gasteiger partial charge is 0.444 e. The van der Waals surface area contributed by atoms with Gasteiger partial charge in [-0.05, 0) is 32.8 Å². The van der Waals surface area contributed by atoms with Gasteiger partial charge in [0, 0.05) is 6.54 Å². The number of nitrogens with one attached hydrogen (secondary N) is 2. The molecular weight excluding hydrogens is 242 g/mol. The second kappa shape index (κ2) is 7.11. The minimum absolute atomic E-state index is 0.109. The van der Waals surface area contributed by atoms with E-state index < -0.39 is 11.7 Å². The van der Waals surface area contributed by atoms with E-state index in [9.17, 15) is 4.79 Å². The van der Waals surface area contributed by atoms with Crippen LogP contribution in [0.3, 0.4) is 0 Å².